The number of carbonyl (C=O) groups is 2. The summed E-state index contributed by atoms with van der Waals surface area (Å²) in [5.74, 6) is -0.445. The Bertz CT molecular complexity index is 230. The van der Waals surface area contributed by atoms with E-state index in [0.29, 0.717) is 18.6 Å². The summed E-state index contributed by atoms with van der Waals surface area (Å²) in [5, 5.41) is 0. The largest absolute Gasteiger partial charge is 0.512 e. The summed E-state index contributed by atoms with van der Waals surface area (Å²) in [6.07, 6.45) is 0.680. The molecule has 0 aromatic heterocycles. The molecule has 66 valence electrons. The molecule has 0 radical (unpaired) electrons. The molecule has 0 bridgehead atoms. The minimum absolute atomic E-state index is 0.342. The first-order chi connectivity index (χ1) is 5.74. The normalized spacial score (nSPS) is 19.1. The van der Waals surface area contributed by atoms with E-state index in [9.17, 15) is 9.59 Å². The molecular weight excluding hydrogens is 164 g/mol. The number of rotatable bonds is 1. The van der Waals surface area contributed by atoms with E-state index in [0.717, 1.165) is 6.26 Å². The zero-order chi connectivity index (χ0) is 8.97. The molecule has 1 saturated heterocycles. The lowest BCUT2D eigenvalue weighted by molar-refractivity contribution is -0.135. The summed E-state index contributed by atoms with van der Waals surface area (Å²) in [6, 6.07) is 0. The summed E-state index contributed by atoms with van der Waals surface area (Å²) < 4.78 is 13.2. The molecule has 12 heavy (non-hydrogen) atoms. The van der Waals surface area contributed by atoms with Crippen molar-refractivity contribution in [2.45, 2.75) is 6.42 Å². The minimum atomic E-state index is -0.845. The maximum absolute atomic E-state index is 10.8. The van der Waals surface area contributed by atoms with Gasteiger partial charge in [0.25, 0.3) is 0 Å². The third-order valence-electron chi connectivity index (χ3n) is 1.33. The summed E-state index contributed by atoms with van der Waals surface area (Å²) in [5.41, 5.74) is 0.348. The highest BCUT2D eigenvalue weighted by Gasteiger charge is 2.19. The molecule has 0 saturated carbocycles. The van der Waals surface area contributed by atoms with Gasteiger partial charge in [-0.3, -0.25) is 0 Å². The molecule has 0 aliphatic carbocycles. The molecule has 1 aliphatic heterocycles. The molecule has 0 unspecified atom stereocenters. The average Bonchev–Trinajstić information content (AvgIpc) is 2.47. The highest BCUT2D eigenvalue weighted by Crippen LogP contribution is 2.12. The summed E-state index contributed by atoms with van der Waals surface area (Å²) in [4.78, 5) is 21.2. The Morgan fingerprint density at radius 1 is 1.67 bits per heavy atom. The first kappa shape index (κ1) is 8.58. The second kappa shape index (κ2) is 3.75. The van der Waals surface area contributed by atoms with E-state index in [4.69, 9.17) is 0 Å². The predicted molar refractivity (Wildman–Crippen MR) is 37.1 cm³/mol. The molecule has 1 heterocycles. The van der Waals surface area contributed by atoms with Crippen LogP contribution in [0, 0.1) is 0 Å². The van der Waals surface area contributed by atoms with E-state index in [-0.39, 0.29) is 0 Å². The number of cyclic esters (lactones) is 1. The third-order valence-corrected chi connectivity index (χ3v) is 1.33. The van der Waals surface area contributed by atoms with Gasteiger partial charge >= 0.3 is 12.1 Å². The molecule has 5 nitrogen and oxygen atoms in total. The van der Waals surface area contributed by atoms with Gasteiger partial charge in [0, 0.05) is 6.42 Å². The Kier molecular flexibility index (Phi) is 2.68. The van der Waals surface area contributed by atoms with Crippen LogP contribution in [0.1, 0.15) is 6.42 Å². The van der Waals surface area contributed by atoms with E-state index in [1.165, 1.54) is 7.11 Å². The van der Waals surface area contributed by atoms with Crippen LogP contribution in [0.2, 0.25) is 0 Å². The van der Waals surface area contributed by atoms with Gasteiger partial charge in [0.2, 0.25) is 0 Å². The number of hydrogen-bond acceptors (Lipinski definition) is 5. The third kappa shape index (κ3) is 1.98. The average molecular weight is 172 g/mol. The van der Waals surface area contributed by atoms with Crippen molar-refractivity contribution in [3.05, 3.63) is 11.8 Å². The van der Waals surface area contributed by atoms with Crippen molar-refractivity contribution < 1.29 is 23.8 Å². The Morgan fingerprint density at radius 3 is 2.92 bits per heavy atom. The van der Waals surface area contributed by atoms with E-state index in [1.807, 2.05) is 0 Å². The highest BCUT2D eigenvalue weighted by atomic mass is 16.7. The zero-order valence-electron chi connectivity index (χ0n) is 6.53. The van der Waals surface area contributed by atoms with Crippen molar-refractivity contribution >= 4 is 12.1 Å². The van der Waals surface area contributed by atoms with Gasteiger partial charge in [-0.2, -0.15) is 0 Å². The molecule has 0 aromatic rings. The fraction of sp³-hybridized carbons (Fsp3) is 0.429. The van der Waals surface area contributed by atoms with Gasteiger partial charge in [-0.1, -0.05) is 0 Å². The maximum Gasteiger partial charge on any atom is 0.512 e. The Hall–Kier alpha value is -1.52. The summed E-state index contributed by atoms with van der Waals surface area (Å²) in [6.45, 7) is 0.342. The van der Waals surface area contributed by atoms with E-state index in [1.54, 1.807) is 0 Å². The molecule has 1 rings (SSSR count). The van der Waals surface area contributed by atoms with Crippen LogP contribution in [0.4, 0.5) is 4.79 Å². The molecule has 1 aliphatic rings. The maximum atomic E-state index is 10.8. The molecule has 5 heteroatoms. The number of carbonyl (C=O) groups excluding carboxylic acids is 2. The number of ether oxygens (including phenoxy) is 3. The zero-order valence-corrected chi connectivity index (χ0v) is 6.53. The minimum Gasteiger partial charge on any atom is -0.462 e. The Balaban J connectivity index is 2.46. The standard InChI is InChI=1S/C7H8O5/c1-10-7(9)12-4-5-2-3-11-6(5)8/h4H,2-3H2,1H3/b5-4-. The van der Waals surface area contributed by atoms with Crippen LogP contribution in [-0.4, -0.2) is 25.8 Å². The van der Waals surface area contributed by atoms with Gasteiger partial charge in [-0.25, -0.2) is 9.59 Å². The second-order valence-corrected chi connectivity index (χ2v) is 2.10. The predicted octanol–water partition coefficient (Wildman–Crippen LogP) is 0.600. The first-order valence-electron chi connectivity index (χ1n) is 3.35. The number of methoxy groups -OCH3 is 1. The lowest BCUT2D eigenvalue weighted by Crippen LogP contribution is -2.01. The van der Waals surface area contributed by atoms with Gasteiger partial charge in [0.05, 0.1) is 19.3 Å². The molecule has 0 spiro atoms. The monoisotopic (exact) mass is 172 g/mol. The van der Waals surface area contributed by atoms with Crippen LogP contribution in [0.3, 0.4) is 0 Å². The Labute approximate surface area is 68.9 Å². The number of esters is 1. The molecule has 0 atom stereocenters. The molecule has 0 aromatic carbocycles. The van der Waals surface area contributed by atoms with E-state index >= 15 is 0 Å². The van der Waals surface area contributed by atoms with Crippen molar-refractivity contribution in [2.75, 3.05) is 13.7 Å². The topological polar surface area (TPSA) is 61.8 Å². The molecule has 0 amide bonds. The fourth-order valence-electron chi connectivity index (χ4n) is 0.723. The van der Waals surface area contributed by atoms with Gasteiger partial charge in [0.15, 0.2) is 0 Å². The van der Waals surface area contributed by atoms with Crippen LogP contribution in [-0.2, 0) is 19.0 Å². The van der Waals surface area contributed by atoms with Crippen molar-refractivity contribution in [1.29, 1.82) is 0 Å². The smallest absolute Gasteiger partial charge is 0.462 e. The van der Waals surface area contributed by atoms with Crippen molar-refractivity contribution in [3.8, 4) is 0 Å². The lowest BCUT2D eigenvalue weighted by Gasteiger charge is -1.95. The molecule has 1 fully saturated rings. The van der Waals surface area contributed by atoms with Crippen LogP contribution < -0.4 is 0 Å². The van der Waals surface area contributed by atoms with E-state index < -0.39 is 12.1 Å². The van der Waals surface area contributed by atoms with Crippen molar-refractivity contribution in [2.24, 2.45) is 0 Å². The van der Waals surface area contributed by atoms with Gasteiger partial charge < -0.3 is 14.2 Å². The highest BCUT2D eigenvalue weighted by molar-refractivity contribution is 5.90. The van der Waals surface area contributed by atoms with Crippen LogP contribution >= 0.6 is 0 Å². The second-order valence-electron chi connectivity index (χ2n) is 2.10. The lowest BCUT2D eigenvalue weighted by atomic mass is 10.3. The Morgan fingerprint density at radius 2 is 2.42 bits per heavy atom. The fourth-order valence-corrected chi connectivity index (χ4v) is 0.723. The SMILES string of the molecule is COC(=O)O/C=C1/CCOC1=O. The van der Waals surface area contributed by atoms with Gasteiger partial charge in [-0.15, -0.1) is 0 Å². The quantitative estimate of drug-likeness (QED) is 0.329. The van der Waals surface area contributed by atoms with Crippen molar-refractivity contribution in [3.63, 3.8) is 0 Å². The van der Waals surface area contributed by atoms with Gasteiger partial charge in [0.1, 0.15) is 6.26 Å². The summed E-state index contributed by atoms with van der Waals surface area (Å²) in [7, 11) is 1.19. The van der Waals surface area contributed by atoms with Crippen molar-refractivity contribution in [1.82, 2.24) is 0 Å². The van der Waals surface area contributed by atoms with Crippen LogP contribution in [0.25, 0.3) is 0 Å². The van der Waals surface area contributed by atoms with Gasteiger partial charge in [-0.05, 0) is 0 Å². The molecule has 0 N–H and O–H groups in total. The van der Waals surface area contributed by atoms with E-state index in [2.05, 4.69) is 14.2 Å². The van der Waals surface area contributed by atoms with Crippen LogP contribution in [0.5, 0.6) is 0 Å². The summed E-state index contributed by atoms with van der Waals surface area (Å²) >= 11 is 0. The molecular formula is C7H8O5. The first-order valence-corrected chi connectivity index (χ1v) is 3.35. The van der Waals surface area contributed by atoms with Crippen LogP contribution in [0.15, 0.2) is 11.8 Å². The number of hydrogen-bond donors (Lipinski definition) is 0.